The quantitative estimate of drug-likeness (QED) is 0.774. The number of benzene rings is 1. The van der Waals surface area contributed by atoms with E-state index >= 15 is 0 Å². The number of hydrogen-bond acceptors (Lipinski definition) is 2. The second-order valence-corrected chi connectivity index (χ2v) is 6.13. The van der Waals surface area contributed by atoms with E-state index in [1.807, 2.05) is 32.0 Å². The van der Waals surface area contributed by atoms with Crippen molar-refractivity contribution in [2.24, 2.45) is 5.92 Å². The van der Waals surface area contributed by atoms with Gasteiger partial charge in [0.05, 0.1) is 10.9 Å². The van der Waals surface area contributed by atoms with Crippen molar-refractivity contribution in [1.29, 1.82) is 0 Å². The Morgan fingerprint density at radius 2 is 2.00 bits per heavy atom. The molecule has 0 saturated carbocycles. The summed E-state index contributed by atoms with van der Waals surface area (Å²) in [6, 6.07) is 5.61. The summed E-state index contributed by atoms with van der Waals surface area (Å²) in [6.45, 7) is 3.93. The summed E-state index contributed by atoms with van der Waals surface area (Å²) in [6.07, 6.45) is 0. The van der Waals surface area contributed by atoms with Crippen LogP contribution in [-0.2, 0) is 4.79 Å². The average molecular weight is 367 g/mol. The molecular weight excluding hydrogens is 354 g/mol. The highest BCUT2D eigenvalue weighted by Crippen LogP contribution is 2.26. The largest absolute Gasteiger partial charge is 0.324 e. The molecule has 0 radical (unpaired) electrons. The lowest BCUT2D eigenvalue weighted by molar-refractivity contribution is -0.116. The molecule has 0 heterocycles. The average Bonchev–Trinajstić information content (AvgIpc) is 2.20. The van der Waals surface area contributed by atoms with Crippen LogP contribution in [-0.4, -0.2) is 11.2 Å². The van der Waals surface area contributed by atoms with Gasteiger partial charge in [-0.15, -0.1) is 0 Å². The Balaban J connectivity index is 2.77. The van der Waals surface area contributed by atoms with Gasteiger partial charge in [-0.2, -0.15) is 12.6 Å². The van der Waals surface area contributed by atoms with E-state index in [9.17, 15) is 4.79 Å². The maximum Gasteiger partial charge on any atom is 0.237 e. The Morgan fingerprint density at radius 3 is 2.50 bits per heavy atom. The molecule has 1 aromatic rings. The lowest BCUT2D eigenvalue weighted by atomic mass is 10.1. The van der Waals surface area contributed by atoms with Gasteiger partial charge in [0.25, 0.3) is 0 Å². The number of anilines is 1. The van der Waals surface area contributed by atoms with Gasteiger partial charge in [-0.1, -0.05) is 29.8 Å². The minimum absolute atomic E-state index is 0.0821. The fraction of sp³-hybridized carbons (Fsp3) is 0.364. The minimum Gasteiger partial charge on any atom is -0.324 e. The molecule has 1 unspecified atom stereocenters. The number of rotatable bonds is 3. The van der Waals surface area contributed by atoms with Crippen molar-refractivity contribution in [3.8, 4) is 0 Å². The van der Waals surface area contributed by atoms with Crippen LogP contribution < -0.4 is 5.32 Å². The first-order chi connectivity index (χ1) is 7.41. The molecule has 2 nitrogen and oxygen atoms in total. The summed E-state index contributed by atoms with van der Waals surface area (Å²) in [7, 11) is 0. The first-order valence-electron chi connectivity index (χ1n) is 4.86. The van der Waals surface area contributed by atoms with Crippen molar-refractivity contribution < 1.29 is 4.79 Å². The summed E-state index contributed by atoms with van der Waals surface area (Å²) in [5.41, 5.74) is 0.757. The molecule has 1 rings (SSSR count). The lowest BCUT2D eigenvalue weighted by Gasteiger charge is -2.15. The molecule has 0 aliphatic carbocycles. The molecule has 5 heteroatoms. The third-order valence-electron chi connectivity index (χ3n) is 2.09. The van der Waals surface area contributed by atoms with Crippen LogP contribution in [0.2, 0.25) is 0 Å². The summed E-state index contributed by atoms with van der Waals surface area (Å²) in [5, 5.41) is 2.54. The number of amides is 1. The highest BCUT2D eigenvalue weighted by Gasteiger charge is 2.18. The van der Waals surface area contributed by atoms with Crippen LogP contribution in [0, 0.1) is 5.92 Å². The number of carbonyl (C=O) groups excluding carboxylic acids is 1. The Labute approximate surface area is 118 Å². The van der Waals surface area contributed by atoms with Gasteiger partial charge in [0, 0.05) is 8.95 Å². The zero-order valence-corrected chi connectivity index (χ0v) is 13.1. The highest BCUT2D eigenvalue weighted by molar-refractivity contribution is 9.11. The van der Waals surface area contributed by atoms with Crippen molar-refractivity contribution in [3.63, 3.8) is 0 Å². The molecule has 0 saturated heterocycles. The van der Waals surface area contributed by atoms with E-state index in [0.29, 0.717) is 0 Å². The summed E-state index contributed by atoms with van der Waals surface area (Å²) in [5.74, 6) is 0.124. The lowest BCUT2D eigenvalue weighted by Crippen LogP contribution is -2.27. The molecular formula is C11H13Br2NOS. The van der Waals surface area contributed by atoms with E-state index in [0.717, 1.165) is 14.6 Å². The monoisotopic (exact) mass is 365 g/mol. The number of carbonyl (C=O) groups is 1. The molecule has 1 N–H and O–H groups in total. The molecule has 0 bridgehead atoms. The third kappa shape index (κ3) is 3.79. The van der Waals surface area contributed by atoms with E-state index in [2.05, 4.69) is 49.8 Å². The van der Waals surface area contributed by atoms with Crippen LogP contribution in [0.25, 0.3) is 0 Å². The standard InChI is InChI=1S/C11H13Br2NOS/c1-6(2)10(16)11(15)14-9-4-3-7(12)5-8(9)13/h3-6,10,16H,1-2H3,(H,14,15). The van der Waals surface area contributed by atoms with Crippen LogP contribution >= 0.6 is 44.5 Å². The van der Waals surface area contributed by atoms with Gasteiger partial charge in [0.15, 0.2) is 0 Å². The molecule has 0 aliphatic heterocycles. The second-order valence-electron chi connectivity index (χ2n) is 3.80. The molecule has 0 fully saturated rings. The number of halogens is 2. The fourth-order valence-electron chi connectivity index (χ4n) is 1.10. The van der Waals surface area contributed by atoms with Gasteiger partial charge < -0.3 is 5.32 Å². The van der Waals surface area contributed by atoms with E-state index in [4.69, 9.17) is 0 Å². The van der Waals surface area contributed by atoms with Gasteiger partial charge in [-0.25, -0.2) is 0 Å². The van der Waals surface area contributed by atoms with Crippen LogP contribution in [0.4, 0.5) is 5.69 Å². The Kier molecular flexibility index (Phi) is 5.34. The zero-order valence-electron chi connectivity index (χ0n) is 9.00. The Bertz CT molecular complexity index is 396. The van der Waals surface area contributed by atoms with E-state index in [-0.39, 0.29) is 17.1 Å². The molecule has 1 amide bonds. The van der Waals surface area contributed by atoms with Crippen molar-refractivity contribution in [2.75, 3.05) is 5.32 Å². The topological polar surface area (TPSA) is 29.1 Å². The molecule has 0 aromatic heterocycles. The fourth-order valence-corrected chi connectivity index (χ4v) is 2.31. The van der Waals surface area contributed by atoms with Gasteiger partial charge in [0.2, 0.25) is 5.91 Å². The van der Waals surface area contributed by atoms with Gasteiger partial charge in [-0.05, 0) is 40.0 Å². The first-order valence-corrected chi connectivity index (χ1v) is 6.96. The number of hydrogen-bond donors (Lipinski definition) is 2. The SMILES string of the molecule is CC(C)C(S)C(=O)Nc1ccc(Br)cc1Br. The molecule has 88 valence electrons. The zero-order chi connectivity index (χ0) is 12.3. The summed E-state index contributed by atoms with van der Waals surface area (Å²) < 4.78 is 1.81. The van der Waals surface area contributed by atoms with E-state index in [1.54, 1.807) is 0 Å². The summed E-state index contributed by atoms with van der Waals surface area (Å²) >= 11 is 11.0. The van der Waals surface area contributed by atoms with Crippen molar-refractivity contribution in [2.45, 2.75) is 19.1 Å². The molecule has 16 heavy (non-hydrogen) atoms. The molecule has 1 atom stereocenters. The van der Waals surface area contributed by atoms with Gasteiger partial charge >= 0.3 is 0 Å². The third-order valence-corrected chi connectivity index (χ3v) is 4.07. The van der Waals surface area contributed by atoms with Crippen LogP contribution in [0.3, 0.4) is 0 Å². The predicted molar refractivity (Wildman–Crippen MR) is 78.1 cm³/mol. The predicted octanol–water partition coefficient (Wildman–Crippen LogP) is 4.10. The Morgan fingerprint density at radius 1 is 1.38 bits per heavy atom. The molecule has 0 spiro atoms. The van der Waals surface area contributed by atoms with Crippen LogP contribution in [0.15, 0.2) is 27.1 Å². The minimum atomic E-state index is -0.296. The molecule has 0 aliphatic rings. The highest BCUT2D eigenvalue weighted by atomic mass is 79.9. The molecule has 1 aromatic carbocycles. The van der Waals surface area contributed by atoms with Gasteiger partial charge in [0.1, 0.15) is 0 Å². The van der Waals surface area contributed by atoms with Crippen molar-refractivity contribution in [3.05, 3.63) is 27.1 Å². The van der Waals surface area contributed by atoms with E-state index in [1.165, 1.54) is 0 Å². The maximum atomic E-state index is 11.8. The van der Waals surface area contributed by atoms with Crippen LogP contribution in [0.5, 0.6) is 0 Å². The Hall–Kier alpha value is -0.000000000000000111. The van der Waals surface area contributed by atoms with Crippen LogP contribution in [0.1, 0.15) is 13.8 Å². The second kappa shape index (κ2) is 6.07. The smallest absolute Gasteiger partial charge is 0.237 e. The first kappa shape index (κ1) is 14.1. The maximum absolute atomic E-state index is 11.8. The van der Waals surface area contributed by atoms with E-state index < -0.39 is 0 Å². The van der Waals surface area contributed by atoms with Gasteiger partial charge in [-0.3, -0.25) is 4.79 Å². The number of nitrogens with one attached hydrogen (secondary N) is 1. The normalized spacial score (nSPS) is 12.6. The number of thiol groups is 1. The summed E-state index contributed by atoms with van der Waals surface area (Å²) in [4.78, 5) is 11.8. The van der Waals surface area contributed by atoms with Crippen molar-refractivity contribution in [1.82, 2.24) is 0 Å². The van der Waals surface area contributed by atoms with Crippen molar-refractivity contribution >= 4 is 56.1 Å².